The summed E-state index contributed by atoms with van der Waals surface area (Å²) in [5.41, 5.74) is 3.75. The fourth-order valence-corrected chi connectivity index (χ4v) is 4.61. The molecule has 0 fully saturated rings. The van der Waals surface area contributed by atoms with E-state index < -0.39 is 0 Å². The van der Waals surface area contributed by atoms with Crippen molar-refractivity contribution in [3.05, 3.63) is 75.0 Å². The van der Waals surface area contributed by atoms with E-state index in [4.69, 9.17) is 0 Å². The lowest BCUT2D eigenvalue weighted by atomic mass is 10.1. The summed E-state index contributed by atoms with van der Waals surface area (Å²) in [5, 5.41) is 4.42. The smallest absolute Gasteiger partial charge is 0.194 e. The number of ketones is 1. The van der Waals surface area contributed by atoms with Crippen molar-refractivity contribution in [3.8, 4) is 11.1 Å². The Morgan fingerprint density at radius 3 is 2.20 bits per heavy atom. The van der Waals surface area contributed by atoms with Crippen LogP contribution in [-0.2, 0) is 0 Å². The first-order valence-corrected chi connectivity index (χ1v) is 8.63. The Kier molecular flexibility index (Phi) is 2.72. The van der Waals surface area contributed by atoms with Crippen LogP contribution in [0.5, 0.6) is 0 Å². The number of hydrogen-bond acceptors (Lipinski definition) is 1. The molecule has 0 spiro atoms. The van der Waals surface area contributed by atoms with E-state index in [0.717, 1.165) is 26.7 Å². The molecule has 2 aliphatic rings. The molecule has 1 nitrogen and oxygen atoms in total. The van der Waals surface area contributed by atoms with Crippen LogP contribution in [0.1, 0.15) is 15.9 Å². The molecule has 0 unspecified atom stereocenters. The van der Waals surface area contributed by atoms with Gasteiger partial charge in [0, 0.05) is 15.6 Å². The summed E-state index contributed by atoms with van der Waals surface area (Å²) in [4.78, 5) is 13.8. The summed E-state index contributed by atoms with van der Waals surface area (Å²) in [6, 6.07) is 12.2. The number of halogens is 1. The zero-order valence-corrected chi connectivity index (χ0v) is 13.0. The van der Waals surface area contributed by atoms with E-state index in [2.05, 4.69) is 57.1 Å². The molecular weight excluding hydrogens is 332 g/mol. The largest absolute Gasteiger partial charge is 0.289 e. The quantitative estimate of drug-likeness (QED) is 0.611. The zero-order valence-electron chi connectivity index (χ0n) is 10.5. The Balaban J connectivity index is 1.88. The van der Waals surface area contributed by atoms with E-state index >= 15 is 0 Å². The Bertz CT molecular complexity index is 793. The maximum Gasteiger partial charge on any atom is 0.194 e. The molecule has 2 aromatic rings. The van der Waals surface area contributed by atoms with Gasteiger partial charge in [0.15, 0.2) is 5.78 Å². The van der Waals surface area contributed by atoms with Gasteiger partial charge in [-0.15, -0.1) is 0 Å². The van der Waals surface area contributed by atoms with Gasteiger partial charge < -0.3 is 0 Å². The van der Waals surface area contributed by atoms with Gasteiger partial charge in [0.1, 0.15) is 0 Å². The summed E-state index contributed by atoms with van der Waals surface area (Å²) < 4.78 is 0.948. The van der Waals surface area contributed by atoms with Gasteiger partial charge >= 0.3 is 0 Å². The Hall–Kier alpha value is -1.58. The second-order valence-corrected chi connectivity index (χ2v) is 7.68. The van der Waals surface area contributed by atoms with Gasteiger partial charge in [-0.05, 0) is 51.1 Å². The average Bonchev–Trinajstić information content (AvgIpc) is 3.07. The van der Waals surface area contributed by atoms with E-state index in [0.29, 0.717) is 0 Å². The summed E-state index contributed by atoms with van der Waals surface area (Å²) >= 11 is 3.44. The molecule has 3 heteroatoms. The molecule has 0 aromatic heterocycles. The Morgan fingerprint density at radius 2 is 1.45 bits per heavy atom. The standard InChI is InChI=1S/C17H11BrOS/c18-11-3-5-13-14-6-4-12(20-7-1-2-8-20)10-16(14)17(19)15(13)9-11/h1-10,20H. The lowest BCUT2D eigenvalue weighted by molar-refractivity contribution is 0.104. The van der Waals surface area contributed by atoms with Crippen molar-refractivity contribution >= 4 is 32.6 Å². The zero-order chi connectivity index (χ0) is 13.7. The molecule has 0 saturated carbocycles. The molecule has 1 heterocycles. The van der Waals surface area contributed by atoms with Crippen molar-refractivity contribution in [2.45, 2.75) is 4.90 Å². The minimum Gasteiger partial charge on any atom is -0.289 e. The first-order valence-electron chi connectivity index (χ1n) is 6.36. The molecule has 0 saturated heterocycles. The number of carbonyl (C=O) groups excluding carboxylic acids is 1. The van der Waals surface area contributed by atoms with E-state index in [9.17, 15) is 4.79 Å². The monoisotopic (exact) mass is 342 g/mol. The molecule has 0 atom stereocenters. The van der Waals surface area contributed by atoms with Crippen molar-refractivity contribution in [3.63, 3.8) is 0 Å². The van der Waals surface area contributed by atoms with Crippen LogP contribution >= 0.6 is 26.8 Å². The van der Waals surface area contributed by atoms with Crippen LogP contribution in [0.15, 0.2) is 68.7 Å². The van der Waals surface area contributed by atoms with Gasteiger partial charge in [-0.3, -0.25) is 4.79 Å². The molecule has 1 aliphatic carbocycles. The first kappa shape index (κ1) is 12.2. The van der Waals surface area contributed by atoms with Gasteiger partial charge in [0.2, 0.25) is 0 Å². The van der Waals surface area contributed by atoms with Crippen molar-refractivity contribution in [1.82, 2.24) is 0 Å². The predicted molar refractivity (Wildman–Crippen MR) is 88.5 cm³/mol. The van der Waals surface area contributed by atoms with Gasteiger partial charge in [-0.2, -0.15) is 10.9 Å². The summed E-state index contributed by atoms with van der Waals surface area (Å²) in [6.45, 7) is 0. The molecule has 20 heavy (non-hydrogen) atoms. The van der Waals surface area contributed by atoms with Crippen LogP contribution in [0, 0.1) is 0 Å². The summed E-state index contributed by atoms with van der Waals surface area (Å²) in [7, 11) is -0.371. The van der Waals surface area contributed by atoms with Crippen molar-refractivity contribution in [2.24, 2.45) is 0 Å². The highest BCUT2D eigenvalue weighted by Gasteiger charge is 2.27. The highest BCUT2D eigenvalue weighted by Crippen LogP contribution is 2.45. The van der Waals surface area contributed by atoms with E-state index in [-0.39, 0.29) is 16.7 Å². The molecule has 2 aromatic carbocycles. The second kappa shape index (κ2) is 4.47. The molecule has 1 aliphatic heterocycles. The number of hydrogen-bond donors (Lipinski definition) is 1. The number of thiol groups is 1. The molecule has 0 radical (unpaired) electrons. The SMILES string of the molecule is O=C1c2cc(Br)ccc2-c2ccc([SH]3C=CC=C3)cc21. The lowest BCUT2D eigenvalue weighted by Gasteiger charge is -2.11. The Labute approximate surface area is 128 Å². The van der Waals surface area contributed by atoms with Crippen molar-refractivity contribution in [1.29, 1.82) is 0 Å². The topological polar surface area (TPSA) is 17.1 Å². The molecule has 4 rings (SSSR count). The molecule has 0 amide bonds. The third-order valence-corrected chi connectivity index (χ3v) is 6.02. The van der Waals surface area contributed by atoms with Gasteiger partial charge in [0.25, 0.3) is 0 Å². The molecule has 98 valence electrons. The third-order valence-electron chi connectivity index (χ3n) is 3.67. The van der Waals surface area contributed by atoms with Crippen LogP contribution in [0.2, 0.25) is 0 Å². The summed E-state index contributed by atoms with van der Waals surface area (Å²) in [6.07, 6.45) is 4.15. The lowest BCUT2D eigenvalue weighted by Crippen LogP contribution is -1.95. The van der Waals surface area contributed by atoms with Crippen molar-refractivity contribution in [2.75, 3.05) is 0 Å². The van der Waals surface area contributed by atoms with Crippen LogP contribution < -0.4 is 0 Å². The van der Waals surface area contributed by atoms with E-state index in [1.165, 1.54) is 4.90 Å². The van der Waals surface area contributed by atoms with Crippen LogP contribution in [0.25, 0.3) is 11.1 Å². The molecule has 0 bridgehead atoms. The molecular formula is C17H11BrOS. The van der Waals surface area contributed by atoms with Crippen LogP contribution in [0.3, 0.4) is 0 Å². The highest BCUT2D eigenvalue weighted by atomic mass is 79.9. The van der Waals surface area contributed by atoms with Gasteiger partial charge in [-0.25, -0.2) is 0 Å². The number of allylic oxidation sites excluding steroid dienone is 2. The van der Waals surface area contributed by atoms with Crippen LogP contribution in [-0.4, -0.2) is 5.78 Å². The number of carbonyl (C=O) groups is 1. The van der Waals surface area contributed by atoms with Crippen LogP contribution in [0.4, 0.5) is 0 Å². The highest BCUT2D eigenvalue weighted by molar-refractivity contribution is 9.10. The molecule has 0 N–H and O–H groups in total. The average molecular weight is 343 g/mol. The fraction of sp³-hybridized carbons (Fsp3) is 0. The minimum atomic E-state index is -0.371. The maximum absolute atomic E-state index is 12.6. The first-order chi connectivity index (χ1) is 9.74. The Morgan fingerprint density at radius 1 is 0.800 bits per heavy atom. The van der Waals surface area contributed by atoms with E-state index in [1.54, 1.807) is 0 Å². The van der Waals surface area contributed by atoms with E-state index in [1.807, 2.05) is 18.2 Å². The number of fused-ring (bicyclic) bond motifs is 3. The second-order valence-electron chi connectivity index (χ2n) is 4.84. The van der Waals surface area contributed by atoms with Gasteiger partial charge in [-0.1, -0.05) is 40.2 Å². The minimum absolute atomic E-state index is 0.139. The number of benzene rings is 2. The van der Waals surface area contributed by atoms with Crippen molar-refractivity contribution < 1.29 is 4.79 Å². The normalized spacial score (nSPS) is 16.6. The van der Waals surface area contributed by atoms with Gasteiger partial charge in [0.05, 0.1) is 0 Å². The maximum atomic E-state index is 12.6. The fourth-order valence-electron chi connectivity index (χ4n) is 2.71. The predicted octanol–water partition coefficient (Wildman–Crippen LogP) is 5.06. The number of rotatable bonds is 1. The summed E-state index contributed by atoms with van der Waals surface area (Å²) in [5.74, 6) is 0.139. The third kappa shape index (κ3) is 1.74.